The maximum atomic E-state index is 12.9. The third kappa shape index (κ3) is 3.37. The molecule has 27 heavy (non-hydrogen) atoms. The zero-order chi connectivity index (χ0) is 18.8. The van der Waals surface area contributed by atoms with Crippen LogP contribution in [0.15, 0.2) is 41.4 Å². The average Bonchev–Trinajstić information content (AvgIpc) is 3.26. The van der Waals surface area contributed by atoms with Crippen LogP contribution in [-0.4, -0.2) is 43.2 Å². The van der Waals surface area contributed by atoms with Gasteiger partial charge in [0.2, 0.25) is 11.6 Å². The summed E-state index contributed by atoms with van der Waals surface area (Å²) in [6.45, 7) is 2.93. The van der Waals surface area contributed by atoms with E-state index < -0.39 is 0 Å². The fourth-order valence-corrected chi connectivity index (χ4v) is 2.98. The molecule has 0 saturated carbocycles. The van der Waals surface area contributed by atoms with E-state index >= 15 is 0 Å². The number of nitriles is 1. The van der Waals surface area contributed by atoms with Crippen LogP contribution in [0.5, 0.6) is 5.88 Å². The highest BCUT2D eigenvalue weighted by Crippen LogP contribution is 2.19. The predicted molar refractivity (Wildman–Crippen MR) is 91.6 cm³/mol. The first kappa shape index (κ1) is 16.8. The largest absolute Gasteiger partial charge is 0.470 e. The molecule has 1 aliphatic heterocycles. The van der Waals surface area contributed by atoms with Gasteiger partial charge in [0.05, 0.1) is 36.6 Å². The van der Waals surface area contributed by atoms with E-state index in [4.69, 9.17) is 14.4 Å². The van der Waals surface area contributed by atoms with E-state index in [0.717, 1.165) is 5.69 Å². The van der Waals surface area contributed by atoms with Gasteiger partial charge in [0, 0.05) is 18.5 Å². The number of ether oxygens (including phenoxy) is 1. The summed E-state index contributed by atoms with van der Waals surface area (Å²) in [4.78, 5) is 22.7. The molecular weight excluding hydrogens is 348 g/mol. The van der Waals surface area contributed by atoms with E-state index in [2.05, 4.69) is 15.1 Å². The van der Waals surface area contributed by atoms with Gasteiger partial charge in [-0.15, -0.1) is 0 Å². The van der Waals surface area contributed by atoms with Crippen LogP contribution in [0.4, 0.5) is 0 Å². The Kier molecular flexibility index (Phi) is 4.30. The van der Waals surface area contributed by atoms with Gasteiger partial charge in [-0.3, -0.25) is 9.48 Å². The molecule has 1 aliphatic rings. The summed E-state index contributed by atoms with van der Waals surface area (Å²) in [7, 11) is 0. The van der Waals surface area contributed by atoms with Crippen molar-refractivity contribution >= 4 is 5.91 Å². The van der Waals surface area contributed by atoms with E-state index in [1.807, 2.05) is 16.8 Å². The lowest BCUT2D eigenvalue weighted by atomic mass is 10.2. The summed E-state index contributed by atoms with van der Waals surface area (Å²) in [6.07, 6.45) is 4.05. The van der Waals surface area contributed by atoms with Crippen LogP contribution in [0.3, 0.4) is 0 Å². The van der Waals surface area contributed by atoms with Gasteiger partial charge in [0.15, 0.2) is 6.39 Å². The molecule has 1 atom stereocenters. The molecule has 9 nitrogen and oxygen atoms in total. The topological polar surface area (TPSA) is 110 Å². The van der Waals surface area contributed by atoms with Crippen molar-refractivity contribution < 1.29 is 13.9 Å². The summed E-state index contributed by atoms with van der Waals surface area (Å²) < 4.78 is 13.0. The van der Waals surface area contributed by atoms with E-state index in [-0.39, 0.29) is 17.8 Å². The summed E-state index contributed by atoms with van der Waals surface area (Å²) >= 11 is 0. The molecular formula is C18H16N6O3. The van der Waals surface area contributed by atoms with Crippen molar-refractivity contribution in [1.29, 1.82) is 5.26 Å². The minimum atomic E-state index is -0.362. The maximum absolute atomic E-state index is 12.9. The highest BCUT2D eigenvalue weighted by atomic mass is 16.5. The first-order valence-electron chi connectivity index (χ1n) is 8.37. The highest BCUT2D eigenvalue weighted by Gasteiger charge is 2.30. The number of rotatable bonds is 3. The van der Waals surface area contributed by atoms with Crippen molar-refractivity contribution in [2.45, 2.75) is 26.1 Å². The van der Waals surface area contributed by atoms with E-state index in [1.54, 1.807) is 30.2 Å². The van der Waals surface area contributed by atoms with Crippen LogP contribution in [0, 0.1) is 18.3 Å². The Balaban J connectivity index is 1.59. The first-order valence-corrected chi connectivity index (χ1v) is 8.37. The van der Waals surface area contributed by atoms with Gasteiger partial charge in [0.1, 0.15) is 12.2 Å². The van der Waals surface area contributed by atoms with Crippen molar-refractivity contribution in [2.75, 3.05) is 6.54 Å². The fourth-order valence-electron chi connectivity index (χ4n) is 2.98. The zero-order valence-electron chi connectivity index (χ0n) is 14.6. The number of carbonyl (C=O) groups is 1. The lowest BCUT2D eigenvalue weighted by Crippen LogP contribution is -2.39. The molecule has 136 valence electrons. The summed E-state index contributed by atoms with van der Waals surface area (Å²) in [5.74, 6) is 0.358. The van der Waals surface area contributed by atoms with Crippen LogP contribution in [0.25, 0.3) is 0 Å². The first-order chi connectivity index (χ1) is 13.1. The zero-order valence-corrected chi connectivity index (χ0v) is 14.6. The number of aromatic nitrogens is 4. The number of pyridine rings is 1. The Morgan fingerprint density at radius 2 is 2.22 bits per heavy atom. The highest BCUT2D eigenvalue weighted by molar-refractivity contribution is 5.92. The number of hydrogen-bond acceptors (Lipinski definition) is 7. The van der Waals surface area contributed by atoms with Crippen LogP contribution >= 0.6 is 0 Å². The number of carbonyl (C=O) groups excluding carboxylic acids is 1. The molecule has 4 heterocycles. The number of hydrogen-bond donors (Lipinski definition) is 0. The molecule has 0 aromatic carbocycles. The van der Waals surface area contributed by atoms with Crippen LogP contribution in [0.1, 0.15) is 27.5 Å². The van der Waals surface area contributed by atoms with Gasteiger partial charge < -0.3 is 14.1 Å². The van der Waals surface area contributed by atoms with Crippen LogP contribution < -0.4 is 4.74 Å². The molecule has 1 amide bonds. The molecule has 9 heteroatoms. The Morgan fingerprint density at radius 1 is 1.33 bits per heavy atom. The molecule has 0 fully saturated rings. The monoisotopic (exact) mass is 364 g/mol. The summed E-state index contributed by atoms with van der Waals surface area (Å²) in [6, 6.07) is 7.17. The molecule has 3 aromatic rings. The summed E-state index contributed by atoms with van der Waals surface area (Å²) in [5.41, 5.74) is 1.90. The molecule has 0 aliphatic carbocycles. The average molecular weight is 364 g/mol. The van der Waals surface area contributed by atoms with Gasteiger partial charge in [0.25, 0.3) is 5.91 Å². The smallest absolute Gasteiger partial charge is 0.292 e. The molecule has 4 rings (SSSR count). The van der Waals surface area contributed by atoms with E-state index in [0.29, 0.717) is 36.8 Å². The van der Waals surface area contributed by atoms with Crippen molar-refractivity contribution in [1.82, 2.24) is 24.6 Å². The molecule has 0 N–H and O–H groups in total. The van der Waals surface area contributed by atoms with Crippen molar-refractivity contribution in [3.05, 3.63) is 59.7 Å². The second-order valence-corrected chi connectivity index (χ2v) is 6.19. The normalized spacial score (nSPS) is 16.3. The molecule has 0 unspecified atom stereocenters. The Bertz CT molecular complexity index is 1000. The van der Waals surface area contributed by atoms with E-state index in [9.17, 15) is 4.79 Å². The maximum Gasteiger partial charge on any atom is 0.292 e. The van der Waals surface area contributed by atoms with Gasteiger partial charge in [-0.1, -0.05) is 0 Å². The number of nitrogens with zero attached hydrogens (tertiary/aromatic N) is 6. The van der Waals surface area contributed by atoms with Crippen LogP contribution in [-0.2, 0) is 13.1 Å². The Hall–Kier alpha value is -3.67. The number of oxazole rings is 1. The van der Waals surface area contributed by atoms with Crippen LogP contribution in [0.2, 0.25) is 0 Å². The van der Waals surface area contributed by atoms with Gasteiger partial charge >= 0.3 is 0 Å². The van der Waals surface area contributed by atoms with E-state index in [1.165, 1.54) is 12.6 Å². The van der Waals surface area contributed by atoms with Crippen molar-refractivity contribution in [3.63, 3.8) is 0 Å². The quantitative estimate of drug-likeness (QED) is 0.693. The molecule has 0 radical (unpaired) electrons. The SMILES string of the molecule is Cc1ncoc1C(=O)N1Cc2ccnn2C[C@@H](Oc2ccc(C#N)cn2)C1. The molecule has 3 aromatic heterocycles. The van der Waals surface area contributed by atoms with Crippen molar-refractivity contribution in [2.24, 2.45) is 0 Å². The number of fused-ring (bicyclic) bond motifs is 1. The number of amides is 1. The second-order valence-electron chi connectivity index (χ2n) is 6.19. The lowest BCUT2D eigenvalue weighted by Gasteiger charge is -2.23. The minimum Gasteiger partial charge on any atom is -0.470 e. The van der Waals surface area contributed by atoms with Gasteiger partial charge in [-0.05, 0) is 19.1 Å². The van der Waals surface area contributed by atoms with Gasteiger partial charge in [-0.25, -0.2) is 9.97 Å². The molecule has 0 bridgehead atoms. The molecule has 0 saturated heterocycles. The fraction of sp³-hybridized carbons (Fsp3) is 0.278. The lowest BCUT2D eigenvalue weighted by molar-refractivity contribution is 0.0613. The predicted octanol–water partition coefficient (Wildman–Crippen LogP) is 1.55. The van der Waals surface area contributed by atoms with Gasteiger partial charge in [-0.2, -0.15) is 10.4 Å². The second kappa shape index (κ2) is 6.92. The standard InChI is InChI=1S/C18H16N6O3/c1-12-17(26-11-21-12)18(25)23-8-14-4-5-22-24(14)10-15(9-23)27-16-3-2-13(6-19)7-20-16/h2-5,7,11,15H,8-10H2,1H3/t15-/m0/s1. The Morgan fingerprint density at radius 3 is 2.93 bits per heavy atom. The molecule has 0 spiro atoms. The van der Waals surface area contributed by atoms with Crippen molar-refractivity contribution in [3.8, 4) is 11.9 Å². The Labute approximate surface area is 154 Å². The number of aryl methyl sites for hydroxylation is 1. The summed E-state index contributed by atoms with van der Waals surface area (Å²) in [5, 5.41) is 13.2. The minimum absolute atomic E-state index is 0.221. The third-order valence-electron chi connectivity index (χ3n) is 4.34. The third-order valence-corrected chi connectivity index (χ3v) is 4.34.